The lowest BCUT2D eigenvalue weighted by Crippen LogP contribution is -2.35. The van der Waals surface area contributed by atoms with Crippen molar-refractivity contribution >= 4 is 11.8 Å². The smallest absolute Gasteiger partial charge is 0.115 e. The van der Waals surface area contributed by atoms with Crippen LogP contribution in [0.1, 0.15) is 31.9 Å². The zero-order chi connectivity index (χ0) is 15.3. The van der Waals surface area contributed by atoms with E-state index in [2.05, 4.69) is 50.4 Å². The Bertz CT molecular complexity index is 555. The molecule has 0 radical (unpaired) electrons. The lowest BCUT2D eigenvalue weighted by molar-refractivity contribution is 0.424. The number of aromatic hydroxyl groups is 1. The van der Waals surface area contributed by atoms with Crippen LogP contribution in [0.4, 0.5) is 0 Å². The second-order valence-electron chi connectivity index (χ2n) is 6.20. The fourth-order valence-corrected chi connectivity index (χ4v) is 2.68. The van der Waals surface area contributed by atoms with Gasteiger partial charge in [0.2, 0.25) is 0 Å². The number of nitrogens with one attached hydrogen (secondary N) is 1. The van der Waals surface area contributed by atoms with Gasteiger partial charge < -0.3 is 10.4 Å². The highest BCUT2D eigenvalue weighted by atomic mass is 32.2. The molecule has 0 heterocycles. The van der Waals surface area contributed by atoms with Gasteiger partial charge in [-0.15, -0.1) is 11.8 Å². The molecule has 112 valence electrons. The normalized spacial score (nSPS) is 11.6. The van der Waals surface area contributed by atoms with Crippen LogP contribution < -0.4 is 5.32 Å². The fourth-order valence-electron chi connectivity index (χ4n) is 1.83. The highest BCUT2D eigenvalue weighted by molar-refractivity contribution is 7.98. The van der Waals surface area contributed by atoms with Crippen LogP contribution in [0.3, 0.4) is 0 Å². The molecular formula is C18H23NOS. The van der Waals surface area contributed by atoms with E-state index >= 15 is 0 Å². The topological polar surface area (TPSA) is 32.3 Å². The van der Waals surface area contributed by atoms with Crippen molar-refractivity contribution in [2.45, 2.75) is 43.5 Å². The maximum absolute atomic E-state index is 9.27. The third-order valence-corrected chi connectivity index (χ3v) is 4.17. The summed E-state index contributed by atoms with van der Waals surface area (Å²) < 4.78 is 0. The van der Waals surface area contributed by atoms with Gasteiger partial charge in [-0.05, 0) is 56.2 Å². The minimum Gasteiger partial charge on any atom is -0.508 e. The van der Waals surface area contributed by atoms with Gasteiger partial charge in [0.15, 0.2) is 0 Å². The first-order chi connectivity index (χ1) is 9.92. The molecule has 0 saturated heterocycles. The third kappa shape index (κ3) is 5.82. The summed E-state index contributed by atoms with van der Waals surface area (Å²) in [6.07, 6.45) is 0. The predicted molar refractivity (Wildman–Crippen MR) is 90.7 cm³/mol. The van der Waals surface area contributed by atoms with Gasteiger partial charge in [0, 0.05) is 22.7 Å². The summed E-state index contributed by atoms with van der Waals surface area (Å²) >= 11 is 1.81. The van der Waals surface area contributed by atoms with Crippen LogP contribution in [0.5, 0.6) is 5.75 Å². The summed E-state index contributed by atoms with van der Waals surface area (Å²) in [5, 5.41) is 12.8. The number of phenols is 1. The van der Waals surface area contributed by atoms with Crippen molar-refractivity contribution in [2.75, 3.05) is 0 Å². The second-order valence-corrected chi connectivity index (χ2v) is 7.25. The zero-order valence-electron chi connectivity index (χ0n) is 12.9. The lowest BCUT2D eigenvalue weighted by atomic mass is 10.1. The summed E-state index contributed by atoms with van der Waals surface area (Å²) in [6.45, 7) is 7.42. The Morgan fingerprint density at radius 1 is 0.905 bits per heavy atom. The Morgan fingerprint density at radius 3 is 2.05 bits per heavy atom. The van der Waals surface area contributed by atoms with Gasteiger partial charge in [-0.1, -0.05) is 24.3 Å². The molecule has 2 N–H and O–H groups in total. The van der Waals surface area contributed by atoms with Crippen molar-refractivity contribution in [1.82, 2.24) is 5.32 Å². The molecule has 0 amide bonds. The van der Waals surface area contributed by atoms with E-state index in [4.69, 9.17) is 0 Å². The van der Waals surface area contributed by atoms with Crippen LogP contribution in [0.25, 0.3) is 0 Å². The number of hydrogen-bond donors (Lipinski definition) is 2. The Hall–Kier alpha value is -1.45. The number of rotatable bonds is 5. The van der Waals surface area contributed by atoms with Crippen molar-refractivity contribution < 1.29 is 5.11 Å². The largest absolute Gasteiger partial charge is 0.508 e. The summed E-state index contributed by atoms with van der Waals surface area (Å²) in [5.41, 5.74) is 2.67. The molecule has 0 fully saturated rings. The Balaban J connectivity index is 1.86. The average Bonchev–Trinajstić information content (AvgIpc) is 2.45. The third-order valence-electron chi connectivity index (χ3n) is 3.09. The van der Waals surface area contributed by atoms with E-state index in [0.717, 1.165) is 12.3 Å². The highest BCUT2D eigenvalue weighted by Crippen LogP contribution is 2.24. The number of phenolic OH excluding ortho intramolecular Hbond substituents is 1. The lowest BCUT2D eigenvalue weighted by Gasteiger charge is -2.20. The van der Waals surface area contributed by atoms with Crippen LogP contribution in [0.2, 0.25) is 0 Å². The first kappa shape index (κ1) is 15.9. The maximum Gasteiger partial charge on any atom is 0.115 e. The summed E-state index contributed by atoms with van der Waals surface area (Å²) in [4.78, 5) is 1.27. The molecule has 0 aromatic heterocycles. The van der Waals surface area contributed by atoms with Crippen LogP contribution in [0, 0.1) is 0 Å². The van der Waals surface area contributed by atoms with Gasteiger partial charge in [-0.3, -0.25) is 0 Å². The van der Waals surface area contributed by atoms with Crippen LogP contribution in [-0.2, 0) is 12.3 Å². The van der Waals surface area contributed by atoms with E-state index in [1.165, 1.54) is 16.0 Å². The van der Waals surface area contributed by atoms with Gasteiger partial charge in [0.1, 0.15) is 5.75 Å². The molecule has 0 aliphatic carbocycles. The van der Waals surface area contributed by atoms with E-state index in [1.54, 1.807) is 12.1 Å². The van der Waals surface area contributed by atoms with Crippen LogP contribution in [-0.4, -0.2) is 10.6 Å². The Labute approximate surface area is 131 Å². The van der Waals surface area contributed by atoms with E-state index in [9.17, 15) is 5.11 Å². The molecule has 0 aliphatic rings. The van der Waals surface area contributed by atoms with Crippen LogP contribution in [0.15, 0.2) is 53.4 Å². The van der Waals surface area contributed by atoms with Crippen molar-refractivity contribution in [3.63, 3.8) is 0 Å². The highest BCUT2D eigenvalue weighted by Gasteiger charge is 2.08. The minimum absolute atomic E-state index is 0.145. The van der Waals surface area contributed by atoms with Crippen molar-refractivity contribution in [3.8, 4) is 5.75 Å². The Kier molecular flexibility index (Phi) is 5.32. The molecule has 2 rings (SSSR count). The Morgan fingerprint density at radius 2 is 1.48 bits per heavy atom. The van der Waals surface area contributed by atoms with E-state index in [1.807, 2.05) is 23.9 Å². The quantitative estimate of drug-likeness (QED) is 0.793. The molecule has 0 unspecified atom stereocenters. The summed E-state index contributed by atoms with van der Waals surface area (Å²) in [7, 11) is 0. The molecule has 21 heavy (non-hydrogen) atoms. The standard InChI is InChI=1S/C18H23NOS/c1-18(2,3)19-12-14-6-10-17(11-7-14)21-13-15-4-8-16(20)9-5-15/h4-11,19-20H,12-13H2,1-3H3. The molecule has 0 saturated carbocycles. The number of thioether (sulfide) groups is 1. The molecule has 2 aromatic carbocycles. The molecule has 0 atom stereocenters. The van der Waals surface area contributed by atoms with Gasteiger partial charge >= 0.3 is 0 Å². The SMILES string of the molecule is CC(C)(C)NCc1ccc(SCc2ccc(O)cc2)cc1. The molecular weight excluding hydrogens is 278 g/mol. The molecule has 3 heteroatoms. The molecule has 0 spiro atoms. The van der Waals surface area contributed by atoms with Crippen LogP contribution >= 0.6 is 11.8 Å². The maximum atomic E-state index is 9.27. The summed E-state index contributed by atoms with van der Waals surface area (Å²) in [6, 6.07) is 16.1. The average molecular weight is 301 g/mol. The second kappa shape index (κ2) is 7.01. The first-order valence-electron chi connectivity index (χ1n) is 7.17. The fraction of sp³-hybridized carbons (Fsp3) is 0.333. The zero-order valence-corrected chi connectivity index (χ0v) is 13.7. The van der Waals surface area contributed by atoms with Gasteiger partial charge in [-0.2, -0.15) is 0 Å². The number of benzene rings is 2. The monoisotopic (exact) mass is 301 g/mol. The van der Waals surface area contributed by atoms with Crippen molar-refractivity contribution in [3.05, 3.63) is 59.7 Å². The van der Waals surface area contributed by atoms with Gasteiger partial charge in [0.25, 0.3) is 0 Å². The van der Waals surface area contributed by atoms with E-state index < -0.39 is 0 Å². The van der Waals surface area contributed by atoms with E-state index in [0.29, 0.717) is 5.75 Å². The van der Waals surface area contributed by atoms with Gasteiger partial charge in [-0.25, -0.2) is 0 Å². The van der Waals surface area contributed by atoms with E-state index in [-0.39, 0.29) is 5.54 Å². The molecule has 0 bridgehead atoms. The van der Waals surface area contributed by atoms with Gasteiger partial charge in [0.05, 0.1) is 0 Å². The molecule has 2 aromatic rings. The minimum atomic E-state index is 0.145. The predicted octanol–water partition coefficient (Wildman–Crippen LogP) is 4.57. The van der Waals surface area contributed by atoms with Crippen molar-refractivity contribution in [1.29, 1.82) is 0 Å². The number of hydrogen-bond acceptors (Lipinski definition) is 3. The van der Waals surface area contributed by atoms with Crippen molar-refractivity contribution in [2.24, 2.45) is 0 Å². The summed E-state index contributed by atoms with van der Waals surface area (Å²) in [5.74, 6) is 1.24. The first-order valence-corrected chi connectivity index (χ1v) is 8.16. The molecule has 0 aliphatic heterocycles. The molecule has 2 nitrogen and oxygen atoms in total.